The third kappa shape index (κ3) is 7.76. The van der Waals surface area contributed by atoms with Crippen LogP contribution in [0.1, 0.15) is 19.4 Å². The van der Waals surface area contributed by atoms with Crippen molar-refractivity contribution in [1.29, 1.82) is 0 Å². The van der Waals surface area contributed by atoms with Gasteiger partial charge in [0.15, 0.2) is 0 Å². The van der Waals surface area contributed by atoms with E-state index in [1.165, 1.54) is 11.6 Å². The predicted molar refractivity (Wildman–Crippen MR) is 85.1 cm³/mol. The lowest BCUT2D eigenvalue weighted by atomic mass is 10.2. The first-order chi connectivity index (χ1) is 10.1. The molecule has 0 N–H and O–H groups in total. The molecule has 0 unspecified atom stereocenters. The van der Waals surface area contributed by atoms with E-state index in [4.69, 9.17) is 9.47 Å². The van der Waals surface area contributed by atoms with Gasteiger partial charge < -0.3 is 9.47 Å². The van der Waals surface area contributed by atoms with Crippen molar-refractivity contribution in [1.82, 2.24) is 0 Å². The van der Waals surface area contributed by atoms with Gasteiger partial charge in [-0.3, -0.25) is 4.79 Å². The molecule has 1 aromatic rings. The van der Waals surface area contributed by atoms with Gasteiger partial charge in [0.05, 0.1) is 13.7 Å². The molecule has 3 nitrogen and oxygen atoms in total. The Hall–Kier alpha value is -2.31. The Morgan fingerprint density at radius 1 is 1.24 bits per heavy atom. The molecule has 21 heavy (non-hydrogen) atoms. The number of hydrogen-bond donors (Lipinski definition) is 0. The van der Waals surface area contributed by atoms with E-state index < -0.39 is 0 Å². The smallest absolute Gasteiger partial charge is 0.228 e. The summed E-state index contributed by atoms with van der Waals surface area (Å²) in [5.41, 5.74) is 2.12. The van der Waals surface area contributed by atoms with Crippen LogP contribution in [0.15, 0.2) is 42.0 Å². The summed E-state index contributed by atoms with van der Waals surface area (Å²) >= 11 is 0. The maximum absolute atomic E-state index is 11.5. The van der Waals surface area contributed by atoms with Crippen LogP contribution in [-0.4, -0.2) is 26.1 Å². The number of hydrogen-bond acceptors (Lipinski definition) is 3. The van der Waals surface area contributed by atoms with Crippen LogP contribution in [0.3, 0.4) is 0 Å². The van der Waals surface area contributed by atoms with Gasteiger partial charge in [0.25, 0.3) is 0 Å². The molecule has 0 atom stereocenters. The van der Waals surface area contributed by atoms with Crippen molar-refractivity contribution < 1.29 is 14.3 Å². The Labute approximate surface area is 126 Å². The van der Waals surface area contributed by atoms with E-state index in [0.29, 0.717) is 6.61 Å². The zero-order valence-corrected chi connectivity index (χ0v) is 12.7. The van der Waals surface area contributed by atoms with E-state index in [2.05, 4.69) is 11.8 Å². The van der Waals surface area contributed by atoms with Gasteiger partial charge in [-0.2, -0.15) is 0 Å². The van der Waals surface area contributed by atoms with Gasteiger partial charge in [-0.25, -0.2) is 0 Å². The zero-order valence-electron chi connectivity index (χ0n) is 12.7. The normalized spacial score (nSPS) is 9.86. The molecule has 0 fully saturated rings. The molecule has 0 aliphatic heterocycles. The average Bonchev–Trinajstić information content (AvgIpc) is 2.49. The maximum Gasteiger partial charge on any atom is 0.228 e. The van der Waals surface area contributed by atoms with Crippen molar-refractivity contribution in [2.45, 2.75) is 13.8 Å². The minimum absolute atomic E-state index is 0.239. The SMILES string of the molecule is COc1ccc(C=CC(=O)C#CCOCC=C(C)C)cc1. The van der Waals surface area contributed by atoms with E-state index in [9.17, 15) is 4.79 Å². The molecular weight excluding hydrogens is 264 g/mol. The Kier molecular flexibility index (Phi) is 7.63. The second kappa shape index (κ2) is 9.57. The first-order valence-electron chi connectivity index (χ1n) is 6.68. The lowest BCUT2D eigenvalue weighted by Crippen LogP contribution is -1.93. The summed E-state index contributed by atoms with van der Waals surface area (Å²) in [5, 5.41) is 0. The maximum atomic E-state index is 11.5. The minimum Gasteiger partial charge on any atom is -0.497 e. The van der Waals surface area contributed by atoms with E-state index in [-0.39, 0.29) is 12.4 Å². The van der Waals surface area contributed by atoms with Gasteiger partial charge in [0.1, 0.15) is 12.4 Å². The average molecular weight is 284 g/mol. The van der Waals surface area contributed by atoms with Crippen LogP contribution in [0.4, 0.5) is 0 Å². The number of carbonyl (C=O) groups is 1. The van der Waals surface area contributed by atoms with Crippen molar-refractivity contribution in [3.63, 3.8) is 0 Å². The molecule has 0 bridgehead atoms. The topological polar surface area (TPSA) is 35.5 Å². The molecule has 3 heteroatoms. The van der Waals surface area contributed by atoms with Crippen LogP contribution in [-0.2, 0) is 9.53 Å². The van der Waals surface area contributed by atoms with Crippen LogP contribution >= 0.6 is 0 Å². The molecule has 0 saturated heterocycles. The van der Waals surface area contributed by atoms with Gasteiger partial charge in [0.2, 0.25) is 5.78 Å². The lowest BCUT2D eigenvalue weighted by molar-refractivity contribution is -0.109. The second-order valence-electron chi connectivity index (χ2n) is 4.57. The highest BCUT2D eigenvalue weighted by atomic mass is 16.5. The molecule has 110 valence electrons. The zero-order chi connectivity index (χ0) is 15.5. The number of methoxy groups -OCH3 is 1. The van der Waals surface area contributed by atoms with Gasteiger partial charge >= 0.3 is 0 Å². The highest BCUT2D eigenvalue weighted by molar-refractivity contribution is 6.06. The molecular formula is C18H20O3. The summed E-state index contributed by atoms with van der Waals surface area (Å²) in [5.74, 6) is 5.75. The van der Waals surface area contributed by atoms with Crippen molar-refractivity contribution in [2.75, 3.05) is 20.3 Å². The molecule has 0 heterocycles. The monoisotopic (exact) mass is 284 g/mol. The number of benzene rings is 1. The number of carbonyl (C=O) groups excluding carboxylic acids is 1. The van der Waals surface area contributed by atoms with Crippen LogP contribution in [0.5, 0.6) is 5.75 Å². The largest absolute Gasteiger partial charge is 0.497 e. The number of ether oxygens (including phenoxy) is 2. The van der Waals surface area contributed by atoms with E-state index in [0.717, 1.165) is 11.3 Å². The fourth-order valence-electron chi connectivity index (χ4n) is 1.39. The van der Waals surface area contributed by atoms with Crippen LogP contribution < -0.4 is 4.74 Å². The third-order valence-electron chi connectivity index (χ3n) is 2.54. The molecule has 0 aliphatic carbocycles. The van der Waals surface area contributed by atoms with E-state index in [1.807, 2.05) is 44.2 Å². The molecule has 1 rings (SSSR count). The Morgan fingerprint density at radius 2 is 1.95 bits per heavy atom. The van der Waals surface area contributed by atoms with Gasteiger partial charge in [-0.15, -0.1) is 0 Å². The van der Waals surface area contributed by atoms with Crippen LogP contribution in [0, 0.1) is 11.8 Å². The number of ketones is 1. The first-order valence-corrected chi connectivity index (χ1v) is 6.68. The quantitative estimate of drug-likeness (QED) is 0.264. The Balaban J connectivity index is 2.39. The molecule has 0 aliphatic rings. The van der Waals surface area contributed by atoms with Crippen LogP contribution in [0.2, 0.25) is 0 Å². The summed E-state index contributed by atoms with van der Waals surface area (Å²) in [6, 6.07) is 7.43. The van der Waals surface area contributed by atoms with Crippen molar-refractivity contribution >= 4 is 11.9 Å². The Morgan fingerprint density at radius 3 is 2.57 bits per heavy atom. The molecule has 0 aromatic heterocycles. The third-order valence-corrected chi connectivity index (χ3v) is 2.54. The standard InChI is InChI=1S/C18H20O3/c1-15(2)12-14-21-13-4-5-17(19)9-6-16-7-10-18(20-3)11-8-16/h6-12H,13-14H2,1-3H3. The molecule has 0 radical (unpaired) electrons. The highest BCUT2D eigenvalue weighted by Gasteiger charge is 1.92. The molecule has 1 aromatic carbocycles. The summed E-state index contributed by atoms with van der Waals surface area (Å²) in [4.78, 5) is 11.5. The summed E-state index contributed by atoms with van der Waals surface area (Å²) in [7, 11) is 1.61. The highest BCUT2D eigenvalue weighted by Crippen LogP contribution is 2.12. The molecule has 0 saturated carbocycles. The summed E-state index contributed by atoms with van der Waals surface area (Å²) < 4.78 is 10.3. The fourth-order valence-corrected chi connectivity index (χ4v) is 1.39. The van der Waals surface area contributed by atoms with Crippen molar-refractivity contribution in [3.8, 4) is 17.6 Å². The van der Waals surface area contributed by atoms with Crippen LogP contribution in [0.25, 0.3) is 6.08 Å². The minimum atomic E-state index is -0.239. The van der Waals surface area contributed by atoms with Gasteiger partial charge in [-0.05, 0) is 43.5 Å². The number of allylic oxidation sites excluding steroid dienone is 2. The first kappa shape index (κ1) is 16.7. The fraction of sp³-hybridized carbons (Fsp3) is 0.278. The lowest BCUT2D eigenvalue weighted by Gasteiger charge is -1.98. The van der Waals surface area contributed by atoms with E-state index >= 15 is 0 Å². The molecule has 0 amide bonds. The summed E-state index contributed by atoms with van der Waals surface area (Å²) in [6.45, 7) is 4.78. The predicted octanol–water partition coefficient (Wildman–Crippen LogP) is 3.26. The molecule has 0 spiro atoms. The number of rotatable bonds is 6. The van der Waals surface area contributed by atoms with Crippen molar-refractivity contribution in [3.05, 3.63) is 47.6 Å². The second-order valence-corrected chi connectivity index (χ2v) is 4.57. The van der Waals surface area contributed by atoms with Gasteiger partial charge in [-0.1, -0.05) is 35.8 Å². The van der Waals surface area contributed by atoms with Crippen molar-refractivity contribution in [2.24, 2.45) is 0 Å². The van der Waals surface area contributed by atoms with Gasteiger partial charge in [0, 0.05) is 0 Å². The summed E-state index contributed by atoms with van der Waals surface area (Å²) in [6.07, 6.45) is 5.14. The van der Waals surface area contributed by atoms with E-state index in [1.54, 1.807) is 13.2 Å². The Bertz CT molecular complexity index is 565.